The number of cyclic esters (lactones) is 1. The molecule has 4 rings (SSSR count). The molecule has 140 valence electrons. The van der Waals surface area contributed by atoms with Gasteiger partial charge in [-0.2, -0.15) is 0 Å². The molecule has 2 fully saturated rings. The van der Waals surface area contributed by atoms with Gasteiger partial charge in [-0.05, 0) is 35.7 Å². The predicted octanol–water partition coefficient (Wildman–Crippen LogP) is 2.19. The smallest absolute Gasteiger partial charge is 0.417 e. The lowest BCUT2D eigenvalue weighted by Gasteiger charge is -2.34. The van der Waals surface area contributed by atoms with E-state index < -0.39 is 6.09 Å². The Balaban J connectivity index is 1.30. The molecule has 0 aromatic heterocycles. The zero-order chi connectivity index (χ0) is 18.8. The molecular weight excluding hydrogens is 348 g/mol. The number of benzene rings is 2. The Kier molecular flexibility index (Phi) is 4.66. The van der Waals surface area contributed by atoms with E-state index in [1.54, 1.807) is 4.90 Å². The number of nitrogens with zero attached hydrogens (tertiary/aromatic N) is 2. The van der Waals surface area contributed by atoms with Crippen LogP contribution in [0.3, 0.4) is 0 Å². The fourth-order valence-electron chi connectivity index (χ4n) is 3.58. The normalized spacial score (nSPS) is 18.1. The van der Waals surface area contributed by atoms with Gasteiger partial charge in [-0.15, -0.1) is 0 Å². The molecule has 0 saturated carbocycles. The summed E-state index contributed by atoms with van der Waals surface area (Å²) in [4.78, 5) is 38.7. The third kappa shape index (κ3) is 3.58. The van der Waals surface area contributed by atoms with Crippen LogP contribution in [0.1, 0.15) is 12.8 Å². The van der Waals surface area contributed by atoms with Crippen LogP contribution >= 0.6 is 0 Å². The lowest BCUT2D eigenvalue weighted by Crippen LogP contribution is -2.49. The number of fused-ring (bicyclic) bond motifs is 1. The molecule has 0 unspecified atom stereocenters. The summed E-state index contributed by atoms with van der Waals surface area (Å²) in [6.45, 7) is 0.758. The van der Waals surface area contributed by atoms with Crippen molar-refractivity contribution in [3.8, 4) is 5.75 Å². The van der Waals surface area contributed by atoms with Crippen LogP contribution < -0.4 is 4.74 Å². The third-order valence-electron chi connectivity index (χ3n) is 5.05. The minimum absolute atomic E-state index is 0.0340. The number of ether oxygens (including phenoxy) is 2. The van der Waals surface area contributed by atoms with Crippen LogP contribution in [-0.4, -0.2) is 60.1 Å². The fourth-order valence-corrected chi connectivity index (χ4v) is 3.58. The number of amides is 3. The Morgan fingerprint density at radius 2 is 1.81 bits per heavy atom. The highest BCUT2D eigenvalue weighted by molar-refractivity contribution is 5.98. The van der Waals surface area contributed by atoms with Crippen LogP contribution in [-0.2, 0) is 14.3 Å². The van der Waals surface area contributed by atoms with Gasteiger partial charge in [0.25, 0.3) is 11.8 Å². The zero-order valence-electron chi connectivity index (χ0n) is 14.8. The van der Waals surface area contributed by atoms with Crippen molar-refractivity contribution in [2.75, 3.05) is 26.3 Å². The number of carbonyl (C=O) groups excluding carboxylic acids is 3. The summed E-state index contributed by atoms with van der Waals surface area (Å²) < 4.78 is 10.4. The van der Waals surface area contributed by atoms with E-state index in [2.05, 4.69) is 0 Å². The van der Waals surface area contributed by atoms with Crippen LogP contribution in [0, 0.1) is 0 Å². The molecule has 7 heteroatoms. The Morgan fingerprint density at radius 1 is 1.07 bits per heavy atom. The minimum Gasteiger partial charge on any atom is -0.484 e. The van der Waals surface area contributed by atoms with Gasteiger partial charge in [0.05, 0.1) is 0 Å². The van der Waals surface area contributed by atoms with Crippen LogP contribution in [0.15, 0.2) is 42.5 Å². The largest absolute Gasteiger partial charge is 0.484 e. The second-order valence-electron chi connectivity index (χ2n) is 6.73. The molecule has 0 radical (unpaired) electrons. The summed E-state index contributed by atoms with van der Waals surface area (Å²) in [5.41, 5.74) is 0. The van der Waals surface area contributed by atoms with Gasteiger partial charge in [-0.1, -0.05) is 30.3 Å². The van der Waals surface area contributed by atoms with Crippen molar-refractivity contribution >= 4 is 28.7 Å². The van der Waals surface area contributed by atoms with Crippen molar-refractivity contribution in [3.63, 3.8) is 0 Å². The summed E-state index contributed by atoms with van der Waals surface area (Å²) in [6.07, 6.45) is 0.537. The van der Waals surface area contributed by atoms with E-state index in [0.717, 1.165) is 10.8 Å². The highest BCUT2D eigenvalue weighted by Crippen LogP contribution is 2.22. The quantitative estimate of drug-likeness (QED) is 0.827. The summed E-state index contributed by atoms with van der Waals surface area (Å²) in [5, 5.41) is 2.18. The van der Waals surface area contributed by atoms with Crippen LogP contribution in [0.4, 0.5) is 4.79 Å². The van der Waals surface area contributed by atoms with Gasteiger partial charge >= 0.3 is 6.09 Å². The number of rotatable bonds is 4. The minimum atomic E-state index is -0.579. The molecule has 2 aromatic carbocycles. The molecule has 2 aliphatic heterocycles. The summed E-state index contributed by atoms with van der Waals surface area (Å²) in [5.74, 6) is 0.253. The average Bonchev–Trinajstić information content (AvgIpc) is 3.04. The van der Waals surface area contributed by atoms with Crippen molar-refractivity contribution in [2.45, 2.75) is 18.9 Å². The number of likely N-dealkylation sites (tertiary alicyclic amines) is 1. The SMILES string of the molecule is O=C(COc1ccc2ccccc2c1)N1CCC(N2C(=O)COC2=O)CC1. The third-order valence-corrected chi connectivity index (χ3v) is 5.05. The van der Waals surface area contributed by atoms with Crippen molar-refractivity contribution in [3.05, 3.63) is 42.5 Å². The van der Waals surface area contributed by atoms with Gasteiger partial charge in [-0.3, -0.25) is 9.59 Å². The molecule has 27 heavy (non-hydrogen) atoms. The number of hydrogen-bond donors (Lipinski definition) is 0. The molecule has 0 atom stereocenters. The molecule has 7 nitrogen and oxygen atoms in total. The maximum atomic E-state index is 12.4. The van der Waals surface area contributed by atoms with Gasteiger partial charge < -0.3 is 14.4 Å². The molecule has 2 aliphatic rings. The van der Waals surface area contributed by atoms with E-state index >= 15 is 0 Å². The first-order chi connectivity index (χ1) is 13.1. The lowest BCUT2D eigenvalue weighted by molar-refractivity contribution is -0.135. The van der Waals surface area contributed by atoms with Crippen LogP contribution in [0.25, 0.3) is 10.8 Å². The second-order valence-corrected chi connectivity index (χ2v) is 6.73. The lowest BCUT2D eigenvalue weighted by atomic mass is 10.0. The van der Waals surface area contributed by atoms with E-state index in [-0.39, 0.29) is 31.1 Å². The van der Waals surface area contributed by atoms with Gasteiger partial charge in [0.15, 0.2) is 13.2 Å². The average molecular weight is 368 g/mol. The van der Waals surface area contributed by atoms with E-state index in [1.165, 1.54) is 4.90 Å². The standard InChI is InChI=1S/C20H20N2O5/c23-18(12-26-17-6-5-14-3-1-2-4-15(14)11-17)21-9-7-16(8-10-21)22-19(24)13-27-20(22)25/h1-6,11,16H,7-10,12-13H2. The van der Waals surface area contributed by atoms with E-state index in [0.29, 0.717) is 31.7 Å². The van der Waals surface area contributed by atoms with Gasteiger partial charge in [-0.25, -0.2) is 9.69 Å². The van der Waals surface area contributed by atoms with Crippen molar-refractivity contribution in [2.24, 2.45) is 0 Å². The fraction of sp³-hybridized carbons (Fsp3) is 0.350. The number of carbonyl (C=O) groups is 3. The van der Waals surface area contributed by atoms with E-state index in [9.17, 15) is 14.4 Å². The van der Waals surface area contributed by atoms with Crippen LogP contribution in [0.5, 0.6) is 5.75 Å². The topological polar surface area (TPSA) is 76.2 Å². The number of piperidine rings is 1. The molecule has 2 aromatic rings. The van der Waals surface area contributed by atoms with Gasteiger partial charge in [0.1, 0.15) is 5.75 Å². The first-order valence-corrected chi connectivity index (χ1v) is 9.00. The maximum absolute atomic E-state index is 12.4. The van der Waals surface area contributed by atoms with Crippen molar-refractivity contribution in [1.82, 2.24) is 9.80 Å². The first-order valence-electron chi connectivity index (χ1n) is 9.00. The molecule has 0 bridgehead atoms. The van der Waals surface area contributed by atoms with Gasteiger partial charge in [0, 0.05) is 19.1 Å². The molecule has 2 heterocycles. The Hall–Kier alpha value is -3.09. The highest BCUT2D eigenvalue weighted by atomic mass is 16.6. The molecular formula is C20H20N2O5. The molecule has 0 spiro atoms. The Morgan fingerprint density at radius 3 is 2.52 bits per heavy atom. The second kappa shape index (κ2) is 7.26. The summed E-state index contributed by atoms with van der Waals surface area (Å²) in [7, 11) is 0. The number of hydrogen-bond acceptors (Lipinski definition) is 5. The molecule has 3 amide bonds. The molecule has 2 saturated heterocycles. The van der Waals surface area contributed by atoms with Crippen molar-refractivity contribution < 1.29 is 23.9 Å². The van der Waals surface area contributed by atoms with Crippen molar-refractivity contribution in [1.29, 1.82) is 0 Å². The Labute approximate surface area is 156 Å². The van der Waals surface area contributed by atoms with Gasteiger partial charge in [0.2, 0.25) is 0 Å². The van der Waals surface area contributed by atoms with E-state index in [4.69, 9.17) is 9.47 Å². The molecule has 0 N–H and O–H groups in total. The number of imide groups is 1. The molecule has 0 aliphatic carbocycles. The zero-order valence-corrected chi connectivity index (χ0v) is 14.8. The summed E-state index contributed by atoms with van der Waals surface area (Å²) >= 11 is 0. The summed E-state index contributed by atoms with van der Waals surface area (Å²) in [6, 6.07) is 13.5. The highest BCUT2D eigenvalue weighted by Gasteiger charge is 2.38. The maximum Gasteiger partial charge on any atom is 0.417 e. The first kappa shape index (κ1) is 17.3. The Bertz CT molecular complexity index is 873. The predicted molar refractivity (Wildman–Crippen MR) is 97.2 cm³/mol. The van der Waals surface area contributed by atoms with Crippen LogP contribution in [0.2, 0.25) is 0 Å². The monoisotopic (exact) mass is 368 g/mol. The van der Waals surface area contributed by atoms with E-state index in [1.807, 2.05) is 42.5 Å².